The predicted octanol–water partition coefficient (Wildman–Crippen LogP) is 6.43. The van der Waals surface area contributed by atoms with Gasteiger partial charge in [-0.15, -0.1) is 6.58 Å². The van der Waals surface area contributed by atoms with Gasteiger partial charge in [-0.2, -0.15) is 0 Å². The van der Waals surface area contributed by atoms with Crippen LogP contribution in [0.5, 0.6) is 11.5 Å². The Kier molecular flexibility index (Phi) is 10.0. The van der Waals surface area contributed by atoms with Crippen molar-refractivity contribution in [1.82, 2.24) is 15.2 Å². The number of carbonyl (C=O) groups is 4. The number of likely N-dealkylation sites (tertiary alicyclic amines) is 1. The van der Waals surface area contributed by atoms with Gasteiger partial charge < -0.3 is 29.5 Å². The van der Waals surface area contributed by atoms with E-state index in [1.807, 2.05) is 75.4 Å². The molecule has 2 fully saturated rings. The number of carboxylic acids is 1. The van der Waals surface area contributed by atoms with Crippen LogP contribution < -0.4 is 14.8 Å². The maximum absolute atomic E-state index is 14.5. The molecule has 2 amide bonds. The van der Waals surface area contributed by atoms with Gasteiger partial charge in [0.2, 0.25) is 5.91 Å². The summed E-state index contributed by atoms with van der Waals surface area (Å²) in [6.45, 7) is 14.4. The second-order valence-electron chi connectivity index (χ2n) is 15.3. The van der Waals surface area contributed by atoms with Crippen LogP contribution in [0.15, 0.2) is 67.3 Å². The molecule has 0 bridgehead atoms. The van der Waals surface area contributed by atoms with Gasteiger partial charge in [-0.3, -0.25) is 14.4 Å². The first kappa shape index (κ1) is 36.4. The molecule has 0 radical (unpaired) electrons. The molecular formula is C39H47N3O8. The number of amides is 2. The summed E-state index contributed by atoms with van der Waals surface area (Å²) >= 11 is 0. The molecule has 2 aliphatic rings. The van der Waals surface area contributed by atoms with Crippen LogP contribution in [0, 0.1) is 16.7 Å². The smallest absolute Gasteiger partial charge is 0.408 e. The van der Waals surface area contributed by atoms with Gasteiger partial charge in [-0.1, -0.05) is 57.2 Å². The van der Waals surface area contributed by atoms with E-state index >= 15 is 0 Å². The molecule has 1 saturated heterocycles. The van der Waals surface area contributed by atoms with Crippen molar-refractivity contribution in [2.24, 2.45) is 16.7 Å². The average molecular weight is 686 g/mol. The fourth-order valence-corrected chi connectivity index (χ4v) is 6.60. The van der Waals surface area contributed by atoms with Crippen molar-refractivity contribution in [3.63, 3.8) is 0 Å². The first-order valence-corrected chi connectivity index (χ1v) is 16.9. The third kappa shape index (κ3) is 7.77. The number of nitrogens with zero attached hydrogens (tertiary/aromatic N) is 2. The number of carboxylic acid groups (broad SMARTS) is 1. The fourth-order valence-electron chi connectivity index (χ4n) is 6.60. The number of pyridine rings is 1. The molecule has 5 rings (SSSR count). The molecular weight excluding hydrogens is 638 g/mol. The molecule has 2 N–H and O–H groups in total. The number of benzene rings is 2. The number of methoxy groups -OCH3 is 1. The summed E-state index contributed by atoms with van der Waals surface area (Å²) < 4.78 is 17.6. The zero-order valence-corrected chi connectivity index (χ0v) is 29.8. The van der Waals surface area contributed by atoms with Gasteiger partial charge in [0.05, 0.1) is 36.3 Å². The normalized spacial score (nSPS) is 22.4. The first-order valence-electron chi connectivity index (χ1n) is 16.9. The molecule has 11 heteroatoms. The molecule has 2 unspecified atom stereocenters. The highest BCUT2D eigenvalue weighted by Crippen LogP contribution is 2.56. The number of hydrogen-bond acceptors (Lipinski definition) is 8. The number of fused-ring (bicyclic) bond motifs is 1. The first-order chi connectivity index (χ1) is 23.5. The van der Waals surface area contributed by atoms with Crippen LogP contribution in [-0.4, -0.2) is 76.2 Å². The number of aliphatic carboxylic acids is 1. The third-order valence-electron chi connectivity index (χ3n) is 9.37. The van der Waals surface area contributed by atoms with Crippen LogP contribution in [0.25, 0.3) is 22.2 Å². The molecule has 2 heterocycles. The van der Waals surface area contributed by atoms with Gasteiger partial charge in [0.15, 0.2) is 5.78 Å². The van der Waals surface area contributed by atoms with Gasteiger partial charge >= 0.3 is 12.1 Å². The van der Waals surface area contributed by atoms with Crippen LogP contribution in [0.4, 0.5) is 4.79 Å². The van der Waals surface area contributed by atoms with E-state index in [-0.39, 0.29) is 31.1 Å². The number of allylic oxidation sites excluding steroid dienone is 1. The van der Waals surface area contributed by atoms with Crippen molar-refractivity contribution in [2.75, 3.05) is 13.7 Å². The number of rotatable bonds is 11. The molecule has 0 spiro atoms. The largest absolute Gasteiger partial charge is 0.497 e. The number of alkyl carbamates (subject to hydrolysis) is 1. The lowest BCUT2D eigenvalue weighted by Gasteiger charge is -2.35. The SMILES string of the molecule is C=CC1CC1(CC(=O)[C@@H]1C[C@@H](Oc2cc(-c3ccccc3)nc3cc(OC)ccc23)CN1C(=O)[C@@H](NC(=O)OC(C)(C)C)C(C)(C)C)C(=O)O. The van der Waals surface area contributed by atoms with E-state index in [9.17, 15) is 24.3 Å². The van der Waals surface area contributed by atoms with E-state index in [1.165, 1.54) is 4.90 Å². The molecule has 3 aromatic rings. The second kappa shape index (κ2) is 13.8. The van der Waals surface area contributed by atoms with Crippen molar-refractivity contribution in [1.29, 1.82) is 0 Å². The summed E-state index contributed by atoms with van der Waals surface area (Å²) in [6, 6.07) is 14.9. The number of aromatic nitrogens is 1. The van der Waals surface area contributed by atoms with Crippen molar-refractivity contribution >= 4 is 34.7 Å². The molecule has 50 heavy (non-hydrogen) atoms. The van der Waals surface area contributed by atoms with E-state index in [4.69, 9.17) is 19.2 Å². The topological polar surface area (TPSA) is 144 Å². The van der Waals surface area contributed by atoms with E-state index < -0.39 is 52.6 Å². The summed E-state index contributed by atoms with van der Waals surface area (Å²) in [5.74, 6) is -1.13. The van der Waals surface area contributed by atoms with Gasteiger partial charge in [0, 0.05) is 35.9 Å². The van der Waals surface area contributed by atoms with Crippen LogP contribution in [0.3, 0.4) is 0 Å². The molecule has 1 aliphatic carbocycles. The molecule has 1 aromatic heterocycles. The van der Waals surface area contributed by atoms with Crippen LogP contribution in [0.2, 0.25) is 0 Å². The summed E-state index contributed by atoms with van der Waals surface area (Å²) in [7, 11) is 1.58. The van der Waals surface area contributed by atoms with E-state index in [2.05, 4.69) is 11.9 Å². The quantitative estimate of drug-likeness (QED) is 0.218. The summed E-state index contributed by atoms with van der Waals surface area (Å²) in [6.07, 6.45) is 0.349. The maximum atomic E-state index is 14.5. The Bertz CT molecular complexity index is 1790. The lowest BCUT2D eigenvalue weighted by atomic mass is 9.85. The van der Waals surface area contributed by atoms with Gasteiger partial charge in [-0.25, -0.2) is 9.78 Å². The van der Waals surface area contributed by atoms with Crippen LogP contribution in [0.1, 0.15) is 60.8 Å². The zero-order valence-electron chi connectivity index (χ0n) is 29.8. The lowest BCUT2D eigenvalue weighted by Crippen LogP contribution is -2.57. The molecule has 266 valence electrons. The number of hydrogen-bond donors (Lipinski definition) is 2. The second-order valence-corrected chi connectivity index (χ2v) is 15.3. The number of nitrogens with one attached hydrogen (secondary N) is 1. The van der Waals surface area contributed by atoms with Crippen molar-refractivity contribution in [2.45, 2.75) is 84.6 Å². The summed E-state index contributed by atoms with van der Waals surface area (Å²) in [4.78, 5) is 60.1. The number of ether oxygens (including phenoxy) is 3. The Labute approximate surface area is 293 Å². The van der Waals surface area contributed by atoms with Crippen molar-refractivity contribution < 1.29 is 38.5 Å². The average Bonchev–Trinajstić information content (AvgIpc) is 3.61. The highest BCUT2D eigenvalue weighted by Gasteiger charge is 2.61. The highest BCUT2D eigenvalue weighted by atomic mass is 16.6. The van der Waals surface area contributed by atoms with Gasteiger partial charge in [0.1, 0.15) is 29.2 Å². The number of carbonyl (C=O) groups excluding carboxylic acids is 3. The lowest BCUT2D eigenvalue weighted by molar-refractivity contribution is -0.147. The molecule has 11 nitrogen and oxygen atoms in total. The Hall–Kier alpha value is -4.93. The number of ketones is 1. The van der Waals surface area contributed by atoms with E-state index in [0.717, 1.165) is 5.56 Å². The van der Waals surface area contributed by atoms with Crippen LogP contribution >= 0.6 is 0 Å². The van der Waals surface area contributed by atoms with Crippen molar-refractivity contribution in [3.8, 4) is 22.8 Å². The number of Topliss-reactive ketones (excluding diaryl/α,β-unsaturated/α-hetero) is 1. The Morgan fingerprint density at radius 3 is 2.36 bits per heavy atom. The molecule has 5 atom stereocenters. The third-order valence-corrected chi connectivity index (χ3v) is 9.37. The van der Waals surface area contributed by atoms with Gasteiger partial charge in [-0.05, 0) is 50.7 Å². The van der Waals surface area contributed by atoms with E-state index in [0.29, 0.717) is 34.5 Å². The minimum Gasteiger partial charge on any atom is -0.497 e. The fraction of sp³-hybridized carbons (Fsp3) is 0.462. The van der Waals surface area contributed by atoms with E-state index in [1.54, 1.807) is 34.0 Å². The molecule has 2 aromatic carbocycles. The maximum Gasteiger partial charge on any atom is 0.408 e. The minimum atomic E-state index is -1.25. The Morgan fingerprint density at radius 2 is 1.78 bits per heavy atom. The Balaban J connectivity index is 1.51. The summed E-state index contributed by atoms with van der Waals surface area (Å²) in [5.41, 5.74) is -0.635. The minimum absolute atomic E-state index is 0.0312. The highest BCUT2D eigenvalue weighted by molar-refractivity contribution is 5.96. The van der Waals surface area contributed by atoms with Crippen LogP contribution in [-0.2, 0) is 19.1 Å². The monoisotopic (exact) mass is 685 g/mol. The summed E-state index contributed by atoms with van der Waals surface area (Å²) in [5, 5.41) is 13.5. The Morgan fingerprint density at radius 1 is 1.08 bits per heavy atom. The molecule has 1 aliphatic heterocycles. The zero-order chi connectivity index (χ0) is 36.6. The predicted molar refractivity (Wildman–Crippen MR) is 189 cm³/mol. The standard InChI is InChI=1S/C39H47N3O8/c1-9-24-20-39(24,35(45)46)21-31(43)30-18-26(22-42(30)34(44)33(37(2,3)4)41-36(47)50-38(5,6)7)49-32-19-28(23-13-11-10-12-14-23)40-29-17-25(48-8)15-16-27(29)32/h9-17,19,24,26,30,33H,1,18,20-22H2,2-8H3,(H,41,47)(H,45,46)/t24?,26-,30+,33-,39?/m1/s1. The van der Waals surface area contributed by atoms with Gasteiger partial charge in [0.25, 0.3) is 0 Å². The van der Waals surface area contributed by atoms with Crippen molar-refractivity contribution in [3.05, 3.63) is 67.3 Å². The molecule has 1 saturated carbocycles.